The Bertz CT molecular complexity index is 1330. The lowest BCUT2D eigenvalue weighted by atomic mass is 10.0. The molecule has 1 atom stereocenters. The summed E-state index contributed by atoms with van der Waals surface area (Å²) in [6.45, 7) is 2.74. The Kier molecular flexibility index (Phi) is 5.02. The number of halogens is 1. The van der Waals surface area contributed by atoms with Crippen molar-refractivity contribution in [3.8, 4) is 11.4 Å². The number of hydrogen-bond acceptors (Lipinski definition) is 5. The van der Waals surface area contributed by atoms with Crippen molar-refractivity contribution in [1.82, 2.24) is 19.6 Å². The lowest BCUT2D eigenvalue weighted by Gasteiger charge is -2.26. The van der Waals surface area contributed by atoms with E-state index in [2.05, 4.69) is 33.0 Å². The van der Waals surface area contributed by atoms with E-state index in [-0.39, 0.29) is 11.9 Å². The van der Waals surface area contributed by atoms with Gasteiger partial charge in [0.25, 0.3) is 0 Å². The van der Waals surface area contributed by atoms with E-state index in [9.17, 15) is 4.39 Å². The highest BCUT2D eigenvalue weighted by atomic mass is 19.1. The van der Waals surface area contributed by atoms with E-state index in [4.69, 9.17) is 10.1 Å². The summed E-state index contributed by atoms with van der Waals surface area (Å²) in [7, 11) is 0. The first-order valence-electron chi connectivity index (χ1n) is 11.5. The Morgan fingerprint density at radius 1 is 0.939 bits per heavy atom. The van der Waals surface area contributed by atoms with Gasteiger partial charge in [-0.25, -0.2) is 18.9 Å². The van der Waals surface area contributed by atoms with Gasteiger partial charge in [0.2, 0.25) is 0 Å². The number of anilines is 2. The Morgan fingerprint density at radius 2 is 1.88 bits per heavy atom. The van der Waals surface area contributed by atoms with Crippen LogP contribution in [0.3, 0.4) is 0 Å². The lowest BCUT2D eigenvalue weighted by molar-refractivity contribution is 0.617. The molecule has 2 aliphatic rings. The van der Waals surface area contributed by atoms with Crippen LogP contribution in [0.4, 0.5) is 16.0 Å². The molecule has 6 rings (SSSR count). The molecule has 2 aliphatic heterocycles. The molecule has 0 saturated carbocycles. The first kappa shape index (κ1) is 19.9. The average Bonchev–Trinajstić information content (AvgIpc) is 3.52. The number of imidazole rings is 1. The molecule has 0 N–H and O–H groups in total. The SMILES string of the molecule is Fc1cccc([C@H]2CCCN2c2ccc3ncc(-c4cccc(N5CC=CCC5)n4)n3n2)c1. The minimum atomic E-state index is -0.199. The minimum Gasteiger partial charge on any atom is -0.353 e. The van der Waals surface area contributed by atoms with Crippen LogP contribution in [0.2, 0.25) is 0 Å². The quantitative estimate of drug-likeness (QED) is 0.416. The Balaban J connectivity index is 1.36. The highest BCUT2D eigenvalue weighted by Gasteiger charge is 2.28. The first-order valence-corrected chi connectivity index (χ1v) is 11.5. The van der Waals surface area contributed by atoms with E-state index in [1.165, 1.54) is 6.07 Å². The molecule has 1 fully saturated rings. The second-order valence-corrected chi connectivity index (χ2v) is 8.60. The van der Waals surface area contributed by atoms with Crippen LogP contribution in [0.15, 0.2) is 72.9 Å². The molecule has 4 aromatic rings. The van der Waals surface area contributed by atoms with Gasteiger partial charge in [0.15, 0.2) is 5.65 Å². The summed E-state index contributed by atoms with van der Waals surface area (Å²) in [5.41, 5.74) is 3.48. The molecule has 0 bridgehead atoms. The van der Waals surface area contributed by atoms with Gasteiger partial charge >= 0.3 is 0 Å². The standard InChI is InChI=1S/C26H25FN6/c27-20-8-4-7-19(17-20)22-10-6-16-32(22)26-13-12-24-28-18-23(33(24)30-26)21-9-5-11-25(29-21)31-14-2-1-3-15-31/h1-2,4-5,7-9,11-13,17-18,22H,3,6,10,14-16H2/t22-/m1/s1. The van der Waals surface area contributed by atoms with E-state index in [0.29, 0.717) is 0 Å². The number of benzene rings is 1. The maximum Gasteiger partial charge on any atom is 0.154 e. The molecule has 0 radical (unpaired) electrons. The fraction of sp³-hybridized carbons (Fsp3) is 0.269. The van der Waals surface area contributed by atoms with Crippen LogP contribution < -0.4 is 9.80 Å². The highest BCUT2D eigenvalue weighted by Crippen LogP contribution is 2.35. The molecule has 3 aromatic heterocycles. The van der Waals surface area contributed by atoms with Gasteiger partial charge in [0, 0.05) is 19.6 Å². The summed E-state index contributed by atoms with van der Waals surface area (Å²) in [5.74, 6) is 1.63. The van der Waals surface area contributed by atoms with Crippen LogP contribution in [-0.4, -0.2) is 39.2 Å². The molecule has 0 spiro atoms. The predicted octanol–water partition coefficient (Wildman–Crippen LogP) is 5.04. The van der Waals surface area contributed by atoms with Crippen molar-refractivity contribution in [1.29, 1.82) is 0 Å². The van der Waals surface area contributed by atoms with Gasteiger partial charge in [-0.1, -0.05) is 30.4 Å². The van der Waals surface area contributed by atoms with Crippen molar-refractivity contribution in [2.45, 2.75) is 25.3 Å². The molecular weight excluding hydrogens is 415 g/mol. The number of aromatic nitrogens is 4. The Hall–Kier alpha value is -3.74. The summed E-state index contributed by atoms with van der Waals surface area (Å²) in [5, 5.41) is 4.96. The molecule has 0 aliphatic carbocycles. The second-order valence-electron chi connectivity index (χ2n) is 8.60. The van der Waals surface area contributed by atoms with E-state index in [0.717, 1.165) is 73.1 Å². The molecule has 5 heterocycles. The van der Waals surface area contributed by atoms with E-state index < -0.39 is 0 Å². The Morgan fingerprint density at radius 3 is 2.76 bits per heavy atom. The smallest absolute Gasteiger partial charge is 0.154 e. The van der Waals surface area contributed by atoms with Crippen molar-refractivity contribution in [3.63, 3.8) is 0 Å². The van der Waals surface area contributed by atoms with Crippen LogP contribution in [0, 0.1) is 5.82 Å². The predicted molar refractivity (Wildman–Crippen MR) is 128 cm³/mol. The van der Waals surface area contributed by atoms with Crippen molar-refractivity contribution in [2.24, 2.45) is 0 Å². The monoisotopic (exact) mass is 440 g/mol. The summed E-state index contributed by atoms with van der Waals surface area (Å²) in [6, 6.07) is 17.1. The zero-order chi connectivity index (χ0) is 22.2. The number of fused-ring (bicyclic) bond motifs is 1. The largest absolute Gasteiger partial charge is 0.353 e. The lowest BCUT2D eigenvalue weighted by Crippen LogP contribution is -2.27. The first-order chi connectivity index (χ1) is 16.3. The van der Waals surface area contributed by atoms with Gasteiger partial charge in [-0.05, 0) is 61.2 Å². The van der Waals surface area contributed by atoms with Crippen molar-refractivity contribution < 1.29 is 4.39 Å². The van der Waals surface area contributed by atoms with Gasteiger partial charge in [-0.2, -0.15) is 0 Å². The number of nitrogens with zero attached hydrogens (tertiary/aromatic N) is 6. The Labute approximate surface area is 192 Å². The highest BCUT2D eigenvalue weighted by molar-refractivity contribution is 5.63. The third-order valence-corrected chi connectivity index (χ3v) is 6.51. The zero-order valence-corrected chi connectivity index (χ0v) is 18.3. The minimum absolute atomic E-state index is 0.117. The van der Waals surface area contributed by atoms with Crippen LogP contribution in [-0.2, 0) is 0 Å². The number of rotatable bonds is 4. The van der Waals surface area contributed by atoms with Crippen molar-refractivity contribution in [3.05, 3.63) is 84.3 Å². The van der Waals surface area contributed by atoms with E-state index >= 15 is 0 Å². The fourth-order valence-electron chi connectivity index (χ4n) is 4.88. The topological polar surface area (TPSA) is 49.6 Å². The van der Waals surface area contributed by atoms with Gasteiger partial charge in [-0.15, -0.1) is 5.10 Å². The molecule has 1 saturated heterocycles. The molecule has 0 unspecified atom stereocenters. The summed E-state index contributed by atoms with van der Waals surface area (Å²) in [4.78, 5) is 14.0. The van der Waals surface area contributed by atoms with Gasteiger partial charge < -0.3 is 9.80 Å². The normalized spacial score (nSPS) is 18.4. The number of hydrogen-bond donors (Lipinski definition) is 0. The zero-order valence-electron chi connectivity index (χ0n) is 18.3. The van der Waals surface area contributed by atoms with Gasteiger partial charge in [-0.3, -0.25) is 0 Å². The molecule has 33 heavy (non-hydrogen) atoms. The maximum atomic E-state index is 13.9. The molecular formula is C26H25FN6. The summed E-state index contributed by atoms with van der Waals surface area (Å²) < 4.78 is 15.7. The van der Waals surface area contributed by atoms with E-state index in [1.807, 2.05) is 41.0 Å². The van der Waals surface area contributed by atoms with Crippen LogP contribution in [0.5, 0.6) is 0 Å². The summed E-state index contributed by atoms with van der Waals surface area (Å²) >= 11 is 0. The molecule has 1 aromatic carbocycles. The second kappa shape index (κ2) is 8.31. The molecule has 7 heteroatoms. The summed E-state index contributed by atoms with van der Waals surface area (Å²) in [6.07, 6.45) is 9.30. The van der Waals surface area contributed by atoms with Crippen LogP contribution in [0.25, 0.3) is 17.0 Å². The fourth-order valence-corrected chi connectivity index (χ4v) is 4.88. The molecule has 6 nitrogen and oxygen atoms in total. The van der Waals surface area contributed by atoms with Crippen molar-refractivity contribution >= 4 is 17.3 Å². The van der Waals surface area contributed by atoms with Gasteiger partial charge in [0.05, 0.1) is 17.9 Å². The third kappa shape index (κ3) is 3.73. The van der Waals surface area contributed by atoms with Crippen LogP contribution in [0.1, 0.15) is 30.9 Å². The average molecular weight is 441 g/mol. The van der Waals surface area contributed by atoms with Gasteiger partial charge in [0.1, 0.15) is 23.1 Å². The van der Waals surface area contributed by atoms with E-state index in [1.54, 1.807) is 12.1 Å². The third-order valence-electron chi connectivity index (χ3n) is 6.51. The van der Waals surface area contributed by atoms with Crippen molar-refractivity contribution in [2.75, 3.05) is 29.4 Å². The number of pyridine rings is 1. The molecule has 166 valence electrons. The van der Waals surface area contributed by atoms with Crippen LogP contribution >= 0.6 is 0 Å². The maximum absolute atomic E-state index is 13.9. The molecule has 0 amide bonds.